The second-order valence-electron chi connectivity index (χ2n) is 30.3. The highest BCUT2D eigenvalue weighted by Crippen LogP contribution is 2.61. The van der Waals surface area contributed by atoms with Gasteiger partial charge in [0.05, 0.1) is 75.7 Å². The summed E-state index contributed by atoms with van der Waals surface area (Å²) in [5, 5.41) is 56.9. The van der Waals surface area contributed by atoms with Gasteiger partial charge in [0.1, 0.15) is 91.6 Å². The van der Waals surface area contributed by atoms with Crippen molar-refractivity contribution in [2.75, 3.05) is 74.0 Å². The first-order valence-corrected chi connectivity index (χ1v) is 54.5. The predicted octanol–water partition coefficient (Wildman–Crippen LogP) is -2.57. The minimum atomic E-state index is -4.41. The predicted molar refractivity (Wildman–Crippen MR) is 467 cm³/mol. The highest BCUT2D eigenvalue weighted by Gasteiger charge is 2.59. The SMILES string of the molecule is Nc1nc2c(ncn2[C@@H]2O[C@@H]3COP(=O)(S)O[C@H]4[C@H](F)[C@H](n5nnc6c(N)ccnc65)O[C@@H]4COP(O)(=S)O[C@H]2[C@@H]3O)c(=O)[nH]1.Nc1nc2c(ncn2[C@@H]2O[C@@H]3COP(O)(=S)O[C@H]4[C@H](F)[C@H](n5nnc6c(N)ccnc65)O[C@@H]4COP(O)(=S)O[C@H]2[C@@H]3O)c(=O)[nH]1.Nc1nc2c(ncn2[C@@H]2O[C@@H]3COP(O)(=S)O[C@H]4[C@H](F)[C@H](n5nnc6c(N)ccnc65)O[C@@H]4COP(O)(=S)O[C@H]2[C@@H]3O)c(=O)[nH]1. The van der Waals surface area contributed by atoms with Crippen molar-refractivity contribution in [1.82, 2.24) is 118 Å². The molecular weight excluding hydrogens is 2060 g/mol. The molecule has 0 amide bonds. The standard InChI is InChI=1S/3C20H23FN10O10P2S2/c3*21-9-13-8(39-18(9)31-15-10(28-29-31)6(22)1-2-24-15)4-37-43(35,45)41-14-12(32)7(3-36-42(34,44)40-13)38-19(14)30-5-25-11-16(30)26-20(23)27-17(11)33/h3*1-2,5,7-9,12-14,18-19,32H,3-4H2,(H2,22,24)(H,34,44)(H,35,45)(H3,23,26,27,33)/t3*7-,8-,9+,12-,13-,14+,18-,19-,42?,43?/m111/s1. The van der Waals surface area contributed by atoms with Crippen LogP contribution in [-0.4, -0.2) is 308 Å². The number of hydrogen-bond acceptors (Lipinski definition) is 51. The number of fused-ring (bicyclic) bond motifs is 15. The van der Waals surface area contributed by atoms with E-state index in [1.807, 2.05) is 0 Å². The number of hydrogen-bond donors (Lipinski definition) is 18. The van der Waals surface area contributed by atoms with Crippen molar-refractivity contribution in [3.05, 3.63) is 86.8 Å². The number of aromatic amines is 3. The summed E-state index contributed by atoms with van der Waals surface area (Å²) in [5.41, 5.74) is 34.1. The maximum atomic E-state index is 16.0. The van der Waals surface area contributed by atoms with Crippen LogP contribution in [-0.2, 0) is 146 Å². The van der Waals surface area contributed by atoms with Gasteiger partial charge in [-0.15, -0.1) is 15.3 Å². The Kier molecular flexibility index (Phi) is 26.0. The number of rotatable bonds is 6. The second-order valence-corrected chi connectivity index (χ2v) is 47.2. The Bertz CT molecular complexity index is 6500. The molecule has 75 heteroatoms. The van der Waals surface area contributed by atoms with E-state index in [1.54, 1.807) is 0 Å². The summed E-state index contributed by atoms with van der Waals surface area (Å²) in [7, 11) is 0. The van der Waals surface area contributed by atoms with Gasteiger partial charge in [-0.1, -0.05) is 27.9 Å². The number of halogens is 3. The van der Waals surface area contributed by atoms with Crippen LogP contribution in [0.3, 0.4) is 0 Å². The van der Waals surface area contributed by atoms with Gasteiger partial charge in [-0.3, -0.25) is 74.7 Å². The normalized spacial score (nSPS) is 37.7. The molecule has 9 aliphatic heterocycles. The fourth-order valence-electron chi connectivity index (χ4n) is 15.6. The van der Waals surface area contributed by atoms with Crippen molar-refractivity contribution in [1.29, 1.82) is 0 Å². The fraction of sp³-hybridized carbons (Fsp3) is 0.500. The minimum absolute atomic E-state index is 0.0355. The first-order valence-electron chi connectivity index (χ1n) is 38.8. The molecule has 9 fully saturated rings. The average molecular weight is 2130 g/mol. The molecule has 6 bridgehead atoms. The lowest BCUT2D eigenvalue weighted by molar-refractivity contribution is -0.0619. The van der Waals surface area contributed by atoms with Gasteiger partial charge in [0.2, 0.25) is 17.8 Å². The number of ether oxygens (including phenoxy) is 6. The molecule has 0 aliphatic carbocycles. The Balaban J connectivity index is 0.000000130. The molecule has 0 saturated carbocycles. The number of imidazole rings is 3. The van der Waals surface area contributed by atoms with E-state index in [-0.39, 0.29) is 102 Å². The molecule has 23 N–H and O–H groups in total. The first kappa shape index (κ1) is 96.0. The number of alkyl halides is 3. The van der Waals surface area contributed by atoms with Crippen LogP contribution < -0.4 is 51.1 Å². The monoisotopic (exact) mass is 2120 g/mol. The third-order valence-corrected chi connectivity index (χ3v) is 31.2. The second kappa shape index (κ2) is 36.6. The maximum Gasteiger partial charge on any atom is 0.386 e. The number of aliphatic hydroxyl groups is 3. The van der Waals surface area contributed by atoms with Crippen LogP contribution in [0, 0.1) is 0 Å². The number of H-pyrrole nitrogens is 3. The first-order chi connectivity index (χ1) is 63.9. The van der Waals surface area contributed by atoms with Gasteiger partial charge in [-0.25, -0.2) is 47.6 Å². The summed E-state index contributed by atoms with van der Waals surface area (Å²) in [4.78, 5) is 136. The van der Waals surface area contributed by atoms with Gasteiger partial charge in [0, 0.05) is 18.6 Å². The number of nitrogens with one attached hydrogen (secondary N) is 3. The molecule has 21 heterocycles. The van der Waals surface area contributed by atoms with Crippen molar-refractivity contribution >= 4 is 214 Å². The summed E-state index contributed by atoms with van der Waals surface area (Å²) in [5.74, 6) is -0.686. The van der Waals surface area contributed by atoms with E-state index in [2.05, 4.69) is 103 Å². The summed E-state index contributed by atoms with van der Waals surface area (Å²) < 4.78 is 170. The third-order valence-electron chi connectivity index (χ3n) is 21.8. The molecule has 30 atom stereocenters. The molecule has 21 rings (SSSR count). The maximum absolute atomic E-state index is 16.0. The molecule has 0 spiro atoms. The van der Waals surface area contributed by atoms with Crippen molar-refractivity contribution in [2.45, 2.75) is 147 Å². The molecule has 12 aromatic heterocycles. The largest absolute Gasteiger partial charge is 0.397 e. The van der Waals surface area contributed by atoms with Gasteiger partial charge < -0.3 is 125 Å². The van der Waals surface area contributed by atoms with E-state index in [0.717, 1.165) is 14.0 Å². The van der Waals surface area contributed by atoms with E-state index in [9.17, 15) is 58.7 Å². The Morgan fingerprint density at radius 1 is 0.363 bits per heavy atom. The lowest BCUT2D eigenvalue weighted by Gasteiger charge is -2.27. The smallest absolute Gasteiger partial charge is 0.386 e. The van der Waals surface area contributed by atoms with E-state index >= 15 is 13.2 Å². The van der Waals surface area contributed by atoms with Gasteiger partial charge >= 0.3 is 40.4 Å². The number of anilines is 6. The minimum Gasteiger partial charge on any atom is -0.397 e. The number of nitrogen functional groups attached to an aromatic ring is 6. The Labute approximate surface area is 776 Å². The highest BCUT2D eigenvalue weighted by atomic mass is 32.7. The zero-order valence-corrected chi connectivity index (χ0v) is 77.4. The van der Waals surface area contributed by atoms with E-state index in [0.29, 0.717) is 0 Å². The Morgan fingerprint density at radius 2 is 0.615 bits per heavy atom. The lowest BCUT2D eigenvalue weighted by atomic mass is 10.1. The fourth-order valence-corrected chi connectivity index (χ4v) is 24.2. The van der Waals surface area contributed by atoms with Crippen LogP contribution in [0.25, 0.3) is 67.0 Å². The molecule has 6 unspecified atom stereocenters. The van der Waals surface area contributed by atoms with Crippen LogP contribution in [0.4, 0.5) is 48.1 Å². The summed E-state index contributed by atoms with van der Waals surface area (Å²) in [6, 6.07) is 4.46. The number of thiol groups is 1. The summed E-state index contributed by atoms with van der Waals surface area (Å²) in [6.07, 6.45) is -29.0. The van der Waals surface area contributed by atoms with Gasteiger partial charge in [-0.2, -0.15) is 29.0 Å². The molecule has 12 aromatic rings. The van der Waals surface area contributed by atoms with Crippen molar-refractivity contribution in [3.63, 3.8) is 0 Å². The van der Waals surface area contributed by atoms with Crippen LogP contribution in [0.1, 0.15) is 37.4 Å². The molecule has 60 nitrogen and oxygen atoms in total. The quantitative estimate of drug-likeness (QED) is 0.0601. The topological polar surface area (TPSA) is 823 Å². The number of aromatic nitrogens is 24. The van der Waals surface area contributed by atoms with E-state index in [1.165, 1.54) is 69.5 Å². The van der Waals surface area contributed by atoms with E-state index in [4.69, 9.17) is 176 Å². The summed E-state index contributed by atoms with van der Waals surface area (Å²) in [6.45, 7) is -29.5. The van der Waals surface area contributed by atoms with Crippen LogP contribution in [0.15, 0.2) is 70.2 Å². The molecule has 726 valence electrons. The molecular formula is C60H69F3N30O30P6S6. The number of pyridine rings is 3. The number of aliphatic hydroxyl groups excluding tert-OH is 3. The number of nitrogens with zero attached hydrogens (tertiary/aromatic N) is 21. The van der Waals surface area contributed by atoms with Gasteiger partial charge in [0.15, 0.2) is 123 Å². The van der Waals surface area contributed by atoms with Crippen molar-refractivity contribution in [2.24, 2.45) is 0 Å². The average Bonchev–Trinajstić information content (AvgIpc) is 1.63. The van der Waals surface area contributed by atoms with Gasteiger partial charge in [-0.05, 0) is 77.2 Å². The zero-order chi connectivity index (χ0) is 95.5. The molecule has 9 aliphatic rings. The molecule has 135 heavy (non-hydrogen) atoms. The Hall–Kier alpha value is -7.92. The van der Waals surface area contributed by atoms with Crippen molar-refractivity contribution in [3.8, 4) is 0 Å². The zero-order valence-electron chi connectivity index (χ0n) is 67.0. The molecule has 9 saturated heterocycles. The summed E-state index contributed by atoms with van der Waals surface area (Å²) >= 11 is 29.9. The van der Waals surface area contributed by atoms with Gasteiger partial charge in [0.25, 0.3) is 16.7 Å². The third kappa shape index (κ3) is 18.7. The van der Waals surface area contributed by atoms with Crippen molar-refractivity contribution < 1.29 is 140 Å². The lowest BCUT2D eigenvalue weighted by Crippen LogP contribution is -2.35. The highest BCUT2D eigenvalue weighted by molar-refractivity contribution is 8.44. The van der Waals surface area contributed by atoms with Crippen LogP contribution >= 0.6 is 52.6 Å². The number of nitrogens with two attached hydrogens (primary N) is 6. The van der Waals surface area contributed by atoms with Crippen LogP contribution in [0.5, 0.6) is 0 Å². The van der Waals surface area contributed by atoms with Crippen LogP contribution in [0.2, 0.25) is 0 Å². The molecule has 0 aromatic carbocycles. The molecule has 0 radical (unpaired) electrons. The van der Waals surface area contributed by atoms with E-state index < -0.39 is 244 Å². The Morgan fingerprint density at radius 3 is 0.904 bits per heavy atom.